The number of nitrogens with one attached hydrogen (secondary N) is 1. The molecule has 0 bridgehead atoms. The second-order valence-electron chi connectivity index (χ2n) is 6.29. The van der Waals surface area contributed by atoms with Gasteiger partial charge < -0.3 is 15.0 Å². The minimum Gasteiger partial charge on any atom is -0.476 e. The molecule has 1 unspecified atom stereocenters. The molecule has 3 heterocycles. The van der Waals surface area contributed by atoms with Gasteiger partial charge in [0.05, 0.1) is 11.1 Å². The SMILES string of the molecule is c1cc(N2CCCC2)c2c(OCC3CCCN3)nccc2c1. The Morgan fingerprint density at radius 3 is 2.91 bits per heavy atom. The molecule has 2 aromatic rings. The molecule has 0 saturated carbocycles. The zero-order valence-corrected chi connectivity index (χ0v) is 12.9. The van der Waals surface area contributed by atoms with E-state index in [4.69, 9.17) is 4.74 Å². The molecule has 4 nitrogen and oxygen atoms in total. The lowest BCUT2D eigenvalue weighted by atomic mass is 10.1. The largest absolute Gasteiger partial charge is 0.476 e. The van der Waals surface area contributed by atoms with E-state index in [0.29, 0.717) is 12.6 Å². The summed E-state index contributed by atoms with van der Waals surface area (Å²) in [5, 5.41) is 5.87. The summed E-state index contributed by atoms with van der Waals surface area (Å²) >= 11 is 0. The van der Waals surface area contributed by atoms with Crippen LogP contribution < -0.4 is 15.0 Å². The second kappa shape index (κ2) is 6.13. The molecule has 116 valence electrons. The normalized spacial score (nSPS) is 21.6. The monoisotopic (exact) mass is 297 g/mol. The highest BCUT2D eigenvalue weighted by Gasteiger charge is 2.19. The van der Waals surface area contributed by atoms with E-state index in [1.165, 1.54) is 42.1 Å². The van der Waals surface area contributed by atoms with E-state index in [0.717, 1.165) is 25.5 Å². The Labute approximate surface area is 131 Å². The van der Waals surface area contributed by atoms with Gasteiger partial charge >= 0.3 is 0 Å². The summed E-state index contributed by atoms with van der Waals surface area (Å²) < 4.78 is 6.10. The third-order valence-corrected chi connectivity index (χ3v) is 4.76. The van der Waals surface area contributed by atoms with Crippen molar-refractivity contribution < 1.29 is 4.74 Å². The van der Waals surface area contributed by atoms with Gasteiger partial charge in [0.1, 0.15) is 6.61 Å². The molecule has 0 amide bonds. The summed E-state index contributed by atoms with van der Waals surface area (Å²) in [7, 11) is 0. The summed E-state index contributed by atoms with van der Waals surface area (Å²) in [6, 6.07) is 9.04. The Hall–Kier alpha value is -1.81. The summed E-state index contributed by atoms with van der Waals surface area (Å²) in [4.78, 5) is 6.99. The fraction of sp³-hybridized carbons (Fsp3) is 0.500. The Morgan fingerprint density at radius 1 is 1.18 bits per heavy atom. The predicted molar refractivity (Wildman–Crippen MR) is 89.7 cm³/mol. The number of hydrogen-bond acceptors (Lipinski definition) is 4. The first-order chi connectivity index (χ1) is 10.9. The first kappa shape index (κ1) is 13.8. The molecule has 0 spiro atoms. The number of ether oxygens (including phenoxy) is 1. The van der Waals surface area contributed by atoms with Crippen LogP contribution in [0.2, 0.25) is 0 Å². The fourth-order valence-corrected chi connectivity index (χ4v) is 3.59. The Kier molecular flexibility index (Phi) is 3.85. The molecule has 0 radical (unpaired) electrons. The van der Waals surface area contributed by atoms with E-state index in [2.05, 4.69) is 39.5 Å². The van der Waals surface area contributed by atoms with Gasteiger partial charge in [0.15, 0.2) is 0 Å². The first-order valence-electron chi connectivity index (χ1n) is 8.41. The standard InChI is InChI=1S/C18H23N3O/c1-2-12-21(11-1)16-7-3-5-14-8-10-20-18(17(14)16)22-13-15-6-4-9-19-15/h3,5,7-8,10,15,19H,1-2,4,6,9,11-13H2. The number of nitrogens with zero attached hydrogens (tertiary/aromatic N) is 2. The lowest BCUT2D eigenvalue weighted by Gasteiger charge is -2.21. The van der Waals surface area contributed by atoms with Gasteiger partial charge in [-0.15, -0.1) is 0 Å². The van der Waals surface area contributed by atoms with Crippen LogP contribution in [-0.4, -0.2) is 37.3 Å². The van der Waals surface area contributed by atoms with Crippen LogP contribution in [0.3, 0.4) is 0 Å². The van der Waals surface area contributed by atoms with E-state index in [9.17, 15) is 0 Å². The summed E-state index contributed by atoms with van der Waals surface area (Å²) in [5.41, 5.74) is 1.28. The number of aromatic nitrogens is 1. The molecular weight excluding hydrogens is 274 g/mol. The Balaban J connectivity index is 1.67. The maximum absolute atomic E-state index is 6.10. The van der Waals surface area contributed by atoms with Crippen LogP contribution in [0.5, 0.6) is 5.88 Å². The molecule has 1 atom stereocenters. The van der Waals surface area contributed by atoms with Gasteiger partial charge in [0.2, 0.25) is 5.88 Å². The highest BCUT2D eigenvalue weighted by molar-refractivity contribution is 5.98. The molecule has 2 saturated heterocycles. The van der Waals surface area contributed by atoms with Gasteiger partial charge in [0.25, 0.3) is 0 Å². The molecule has 4 heteroatoms. The average molecular weight is 297 g/mol. The number of benzene rings is 1. The van der Waals surface area contributed by atoms with Crippen molar-refractivity contribution in [2.24, 2.45) is 0 Å². The summed E-state index contributed by atoms with van der Waals surface area (Å²) in [6.45, 7) is 4.09. The van der Waals surface area contributed by atoms with Gasteiger partial charge in [-0.3, -0.25) is 0 Å². The third-order valence-electron chi connectivity index (χ3n) is 4.76. The predicted octanol–water partition coefficient (Wildman–Crippen LogP) is 2.97. The van der Waals surface area contributed by atoms with Gasteiger partial charge in [-0.1, -0.05) is 12.1 Å². The Morgan fingerprint density at radius 2 is 2.09 bits per heavy atom. The molecule has 2 aliphatic heterocycles. The fourth-order valence-electron chi connectivity index (χ4n) is 3.59. The van der Waals surface area contributed by atoms with E-state index in [1.807, 2.05) is 6.20 Å². The lowest BCUT2D eigenvalue weighted by Crippen LogP contribution is -2.28. The number of anilines is 1. The average Bonchev–Trinajstić information content (AvgIpc) is 3.25. The zero-order valence-electron chi connectivity index (χ0n) is 12.9. The van der Waals surface area contributed by atoms with Crippen LogP contribution in [0, 0.1) is 0 Å². The maximum atomic E-state index is 6.10. The molecule has 2 fully saturated rings. The van der Waals surface area contributed by atoms with Crippen molar-refractivity contribution in [1.29, 1.82) is 0 Å². The van der Waals surface area contributed by atoms with Crippen molar-refractivity contribution in [3.8, 4) is 5.88 Å². The van der Waals surface area contributed by atoms with Crippen molar-refractivity contribution in [2.75, 3.05) is 31.1 Å². The first-order valence-corrected chi connectivity index (χ1v) is 8.41. The number of pyridine rings is 1. The summed E-state index contributed by atoms with van der Waals surface area (Å²) in [6.07, 6.45) is 6.85. The van der Waals surface area contributed by atoms with Gasteiger partial charge in [-0.05, 0) is 49.7 Å². The zero-order chi connectivity index (χ0) is 14.8. The molecule has 1 aromatic heterocycles. The van der Waals surface area contributed by atoms with Gasteiger partial charge in [-0.25, -0.2) is 4.98 Å². The highest BCUT2D eigenvalue weighted by Crippen LogP contribution is 2.34. The van der Waals surface area contributed by atoms with Crippen molar-refractivity contribution >= 4 is 16.5 Å². The minimum absolute atomic E-state index is 0.469. The van der Waals surface area contributed by atoms with Crippen LogP contribution in [0.1, 0.15) is 25.7 Å². The molecule has 0 aliphatic carbocycles. The quantitative estimate of drug-likeness (QED) is 0.941. The smallest absolute Gasteiger partial charge is 0.223 e. The second-order valence-corrected chi connectivity index (χ2v) is 6.29. The van der Waals surface area contributed by atoms with E-state index >= 15 is 0 Å². The number of hydrogen-bond donors (Lipinski definition) is 1. The van der Waals surface area contributed by atoms with E-state index in [1.54, 1.807) is 0 Å². The number of rotatable bonds is 4. The Bertz CT molecular complexity index is 641. The van der Waals surface area contributed by atoms with Crippen molar-refractivity contribution in [3.05, 3.63) is 30.5 Å². The van der Waals surface area contributed by atoms with E-state index < -0.39 is 0 Å². The highest BCUT2D eigenvalue weighted by atomic mass is 16.5. The molecule has 4 rings (SSSR count). The third kappa shape index (κ3) is 2.63. The van der Waals surface area contributed by atoms with Crippen molar-refractivity contribution in [3.63, 3.8) is 0 Å². The topological polar surface area (TPSA) is 37.4 Å². The molecule has 2 aliphatic rings. The molecule has 1 N–H and O–H groups in total. The summed E-state index contributed by atoms with van der Waals surface area (Å²) in [5.74, 6) is 0.786. The maximum Gasteiger partial charge on any atom is 0.223 e. The van der Waals surface area contributed by atoms with Crippen molar-refractivity contribution in [1.82, 2.24) is 10.3 Å². The van der Waals surface area contributed by atoms with Crippen LogP contribution in [0.4, 0.5) is 5.69 Å². The van der Waals surface area contributed by atoms with Crippen molar-refractivity contribution in [2.45, 2.75) is 31.7 Å². The minimum atomic E-state index is 0.469. The van der Waals surface area contributed by atoms with Crippen LogP contribution in [0.15, 0.2) is 30.5 Å². The number of fused-ring (bicyclic) bond motifs is 1. The molecule has 22 heavy (non-hydrogen) atoms. The molecule has 1 aromatic carbocycles. The molecular formula is C18H23N3O. The van der Waals surface area contributed by atoms with Crippen LogP contribution in [-0.2, 0) is 0 Å². The van der Waals surface area contributed by atoms with Crippen LogP contribution >= 0.6 is 0 Å². The van der Waals surface area contributed by atoms with Gasteiger partial charge in [0, 0.05) is 25.3 Å². The van der Waals surface area contributed by atoms with Crippen LogP contribution in [0.25, 0.3) is 10.8 Å². The van der Waals surface area contributed by atoms with E-state index in [-0.39, 0.29) is 0 Å². The van der Waals surface area contributed by atoms with Gasteiger partial charge in [-0.2, -0.15) is 0 Å². The lowest BCUT2D eigenvalue weighted by molar-refractivity contribution is 0.271.